The van der Waals surface area contributed by atoms with Crippen molar-refractivity contribution in [1.82, 2.24) is 0 Å². The van der Waals surface area contributed by atoms with Crippen LogP contribution in [0.15, 0.2) is 54.6 Å². The van der Waals surface area contributed by atoms with E-state index in [0.29, 0.717) is 6.04 Å². The van der Waals surface area contributed by atoms with Gasteiger partial charge in [-0.25, -0.2) is 0 Å². The minimum Gasteiger partial charge on any atom is -0.322 e. The lowest BCUT2D eigenvalue weighted by atomic mass is 10.1. The van der Waals surface area contributed by atoms with Gasteiger partial charge in [-0.3, -0.25) is 10.1 Å². The molecule has 1 fully saturated rings. The Balaban J connectivity index is 1.58. The molecule has 1 heterocycles. The minimum absolute atomic E-state index is 0.187. The van der Waals surface area contributed by atoms with Gasteiger partial charge in [0, 0.05) is 23.3 Å². The third-order valence-electron chi connectivity index (χ3n) is 5.09. The van der Waals surface area contributed by atoms with Gasteiger partial charge in [0.1, 0.15) is 38.8 Å². The first kappa shape index (κ1) is 16.6. The number of nitro groups is 1. The summed E-state index contributed by atoms with van der Waals surface area (Å²) in [5, 5.41) is 11.0. The number of nitro benzene ring substituents is 1. The van der Waals surface area contributed by atoms with Crippen molar-refractivity contribution >= 4 is 5.69 Å². The molecule has 0 aliphatic carbocycles. The van der Waals surface area contributed by atoms with Crippen molar-refractivity contribution in [2.45, 2.75) is 19.5 Å². The first-order valence-electron chi connectivity index (χ1n) is 8.60. The molecule has 0 radical (unpaired) electrons. The van der Waals surface area contributed by atoms with Crippen molar-refractivity contribution in [3.05, 3.63) is 75.8 Å². The van der Waals surface area contributed by atoms with E-state index in [9.17, 15) is 10.1 Å². The Morgan fingerprint density at radius 2 is 1.75 bits per heavy atom. The van der Waals surface area contributed by atoms with Gasteiger partial charge >= 0.3 is 0 Å². The Bertz CT molecular complexity index is 682. The molecule has 0 spiro atoms. The third-order valence-corrected chi connectivity index (χ3v) is 5.09. The van der Waals surface area contributed by atoms with Crippen LogP contribution in [0.3, 0.4) is 0 Å². The number of hydrogen-bond acceptors (Lipinski definition) is 2. The maximum atomic E-state index is 11.0. The summed E-state index contributed by atoms with van der Waals surface area (Å²) in [4.78, 5) is 13.8. The fourth-order valence-electron chi connectivity index (χ4n) is 3.56. The topological polar surface area (TPSA) is 52.0 Å². The molecular formula is C19H25N3O2+2. The SMILES string of the molecule is C[C@H](c1cccc([N+](=O)[O-])c1)[NH+]1CC[NH+](Cc2ccccc2)CC1. The van der Waals surface area contributed by atoms with E-state index in [-0.39, 0.29) is 10.6 Å². The average Bonchev–Trinajstić information content (AvgIpc) is 2.63. The second-order valence-corrected chi connectivity index (χ2v) is 6.64. The zero-order chi connectivity index (χ0) is 16.9. The van der Waals surface area contributed by atoms with Gasteiger partial charge in [0.05, 0.1) is 4.92 Å². The van der Waals surface area contributed by atoms with Gasteiger partial charge in [0.15, 0.2) is 0 Å². The molecule has 0 saturated carbocycles. The van der Waals surface area contributed by atoms with Crippen LogP contribution in [0.5, 0.6) is 0 Å². The highest BCUT2D eigenvalue weighted by Crippen LogP contribution is 2.17. The molecule has 1 atom stereocenters. The summed E-state index contributed by atoms with van der Waals surface area (Å²) in [5.74, 6) is 0. The van der Waals surface area contributed by atoms with E-state index in [1.54, 1.807) is 23.1 Å². The molecule has 0 unspecified atom stereocenters. The Kier molecular flexibility index (Phi) is 5.23. The van der Waals surface area contributed by atoms with Crippen molar-refractivity contribution in [1.29, 1.82) is 0 Å². The summed E-state index contributed by atoms with van der Waals surface area (Å²) in [6, 6.07) is 18.0. The standard InChI is InChI=1S/C19H23N3O2/c1-16(18-8-5-9-19(14-18)22(23)24)21-12-10-20(11-13-21)15-17-6-3-2-4-7-17/h2-9,14,16H,10-13,15H2,1H3/p+2/t16-/m1/s1. The summed E-state index contributed by atoms with van der Waals surface area (Å²) >= 11 is 0. The lowest BCUT2D eigenvalue weighted by molar-refractivity contribution is -1.03. The predicted octanol–water partition coefficient (Wildman–Crippen LogP) is 0.639. The fourth-order valence-corrected chi connectivity index (χ4v) is 3.56. The number of rotatable bonds is 5. The van der Waals surface area contributed by atoms with E-state index in [4.69, 9.17) is 0 Å². The number of non-ortho nitro benzene ring substituents is 1. The van der Waals surface area contributed by atoms with Crippen molar-refractivity contribution < 1.29 is 14.7 Å². The second kappa shape index (κ2) is 7.55. The lowest BCUT2D eigenvalue weighted by Gasteiger charge is -2.33. The molecule has 5 nitrogen and oxygen atoms in total. The first-order chi connectivity index (χ1) is 11.6. The molecule has 2 N–H and O–H groups in total. The Morgan fingerprint density at radius 3 is 2.42 bits per heavy atom. The summed E-state index contributed by atoms with van der Waals surface area (Å²) in [6.45, 7) is 7.75. The maximum absolute atomic E-state index is 11.0. The van der Waals surface area contributed by atoms with E-state index in [1.165, 1.54) is 10.5 Å². The summed E-state index contributed by atoms with van der Waals surface area (Å²) in [6.07, 6.45) is 0. The summed E-state index contributed by atoms with van der Waals surface area (Å²) < 4.78 is 0. The molecule has 126 valence electrons. The molecule has 0 amide bonds. The predicted molar refractivity (Wildman–Crippen MR) is 93.1 cm³/mol. The average molecular weight is 327 g/mol. The van der Waals surface area contributed by atoms with E-state index in [1.807, 2.05) is 6.07 Å². The molecule has 0 bridgehead atoms. The largest absolute Gasteiger partial charge is 0.322 e. The molecule has 1 aliphatic heterocycles. The van der Waals surface area contributed by atoms with E-state index < -0.39 is 0 Å². The molecule has 1 aliphatic rings. The molecule has 2 aromatic carbocycles. The Hall–Kier alpha value is -2.24. The highest BCUT2D eigenvalue weighted by atomic mass is 16.6. The van der Waals surface area contributed by atoms with Crippen LogP contribution >= 0.6 is 0 Å². The number of benzene rings is 2. The van der Waals surface area contributed by atoms with Crippen LogP contribution in [0.1, 0.15) is 24.1 Å². The van der Waals surface area contributed by atoms with Crippen LogP contribution in [-0.2, 0) is 6.54 Å². The molecule has 0 aromatic heterocycles. The van der Waals surface area contributed by atoms with Crippen molar-refractivity contribution in [2.75, 3.05) is 26.2 Å². The summed E-state index contributed by atoms with van der Waals surface area (Å²) in [7, 11) is 0. The smallest absolute Gasteiger partial charge is 0.269 e. The molecule has 24 heavy (non-hydrogen) atoms. The van der Waals surface area contributed by atoms with Crippen LogP contribution < -0.4 is 9.80 Å². The lowest BCUT2D eigenvalue weighted by Crippen LogP contribution is -3.27. The molecule has 2 aromatic rings. The van der Waals surface area contributed by atoms with Gasteiger partial charge < -0.3 is 9.80 Å². The monoisotopic (exact) mass is 327 g/mol. The second-order valence-electron chi connectivity index (χ2n) is 6.64. The Morgan fingerprint density at radius 1 is 1.04 bits per heavy atom. The van der Waals surface area contributed by atoms with Gasteiger partial charge in [-0.1, -0.05) is 42.5 Å². The summed E-state index contributed by atoms with van der Waals surface area (Å²) in [5.41, 5.74) is 2.64. The highest BCUT2D eigenvalue weighted by molar-refractivity contribution is 5.35. The van der Waals surface area contributed by atoms with Gasteiger partial charge in [-0.15, -0.1) is 0 Å². The van der Waals surface area contributed by atoms with Gasteiger partial charge in [0.2, 0.25) is 0 Å². The number of nitrogens with one attached hydrogen (secondary N) is 2. The van der Waals surface area contributed by atoms with Crippen molar-refractivity contribution in [3.8, 4) is 0 Å². The molecular weight excluding hydrogens is 302 g/mol. The number of piperazine rings is 1. The number of hydrogen-bond donors (Lipinski definition) is 2. The number of nitrogens with zero attached hydrogens (tertiary/aromatic N) is 1. The van der Waals surface area contributed by atoms with E-state index in [2.05, 4.69) is 37.3 Å². The zero-order valence-corrected chi connectivity index (χ0v) is 14.1. The van der Waals surface area contributed by atoms with E-state index >= 15 is 0 Å². The van der Waals surface area contributed by atoms with Gasteiger partial charge in [0.25, 0.3) is 5.69 Å². The quantitative estimate of drug-likeness (QED) is 0.625. The molecule has 1 saturated heterocycles. The Labute approximate surface area is 142 Å². The zero-order valence-electron chi connectivity index (χ0n) is 14.1. The van der Waals surface area contributed by atoms with E-state index in [0.717, 1.165) is 38.3 Å². The number of quaternary nitrogens is 2. The normalized spacial score (nSPS) is 22.0. The molecule has 5 heteroatoms. The maximum Gasteiger partial charge on any atom is 0.269 e. The third kappa shape index (κ3) is 3.99. The van der Waals surface area contributed by atoms with Gasteiger partial charge in [-0.2, -0.15) is 0 Å². The van der Waals surface area contributed by atoms with Crippen LogP contribution in [0.4, 0.5) is 5.69 Å². The fraction of sp³-hybridized carbons (Fsp3) is 0.368. The highest BCUT2D eigenvalue weighted by Gasteiger charge is 2.28. The van der Waals surface area contributed by atoms with Crippen LogP contribution in [0.2, 0.25) is 0 Å². The first-order valence-corrected chi connectivity index (χ1v) is 8.60. The minimum atomic E-state index is -0.312. The van der Waals surface area contributed by atoms with Crippen molar-refractivity contribution in [3.63, 3.8) is 0 Å². The van der Waals surface area contributed by atoms with Crippen molar-refractivity contribution in [2.24, 2.45) is 0 Å². The molecule has 3 rings (SSSR count). The van der Waals surface area contributed by atoms with Crippen LogP contribution in [-0.4, -0.2) is 31.1 Å². The van der Waals surface area contributed by atoms with Crippen LogP contribution in [0.25, 0.3) is 0 Å². The van der Waals surface area contributed by atoms with Gasteiger partial charge in [-0.05, 0) is 6.92 Å². The van der Waals surface area contributed by atoms with Crippen LogP contribution in [0, 0.1) is 10.1 Å².